The molecule has 2 fully saturated rings. The number of ether oxygens (including phenoxy) is 1. The maximum Gasteiger partial charge on any atom is 0.316 e. The third kappa shape index (κ3) is 3.84. The van der Waals surface area contributed by atoms with Crippen LogP contribution in [0.25, 0.3) is 0 Å². The molecule has 3 aliphatic rings. The number of aryl methyl sites for hydroxylation is 1. The molecule has 7 nitrogen and oxygen atoms in total. The molecular formula is C26H24N2O5. The van der Waals surface area contributed by atoms with Crippen LogP contribution in [-0.2, 0) is 19.2 Å². The molecule has 1 aliphatic carbocycles. The zero-order valence-corrected chi connectivity index (χ0v) is 18.3. The quantitative estimate of drug-likeness (QED) is 0.312. The normalized spacial score (nSPS) is 24.4. The number of nitrogens with zero attached hydrogens (tertiary/aromatic N) is 2. The van der Waals surface area contributed by atoms with Crippen LogP contribution >= 0.6 is 0 Å². The summed E-state index contributed by atoms with van der Waals surface area (Å²) in [6.07, 6.45) is 5.08. The fraction of sp³-hybridized carbons (Fsp3) is 0.308. The molecule has 3 atom stereocenters. The molecule has 0 bridgehead atoms. The van der Waals surface area contributed by atoms with Crippen molar-refractivity contribution in [2.24, 2.45) is 17.8 Å². The molecule has 2 aliphatic heterocycles. The van der Waals surface area contributed by atoms with Gasteiger partial charge in [0.1, 0.15) is 5.75 Å². The molecule has 7 heteroatoms. The summed E-state index contributed by atoms with van der Waals surface area (Å²) >= 11 is 0. The molecule has 2 saturated heterocycles. The van der Waals surface area contributed by atoms with Crippen LogP contribution in [0.15, 0.2) is 60.7 Å². The first-order valence-corrected chi connectivity index (χ1v) is 11.1. The Kier molecular flexibility index (Phi) is 5.32. The zero-order chi connectivity index (χ0) is 23.1. The molecule has 33 heavy (non-hydrogen) atoms. The summed E-state index contributed by atoms with van der Waals surface area (Å²) in [7, 11) is 0. The maximum atomic E-state index is 12.8. The minimum Gasteiger partial charge on any atom is -0.426 e. The number of amides is 3. The van der Waals surface area contributed by atoms with E-state index in [0.717, 1.165) is 11.3 Å². The molecule has 168 valence electrons. The molecule has 2 aromatic rings. The van der Waals surface area contributed by atoms with Crippen LogP contribution in [0.3, 0.4) is 0 Å². The zero-order valence-electron chi connectivity index (χ0n) is 18.3. The maximum absolute atomic E-state index is 12.8. The van der Waals surface area contributed by atoms with Gasteiger partial charge in [0, 0.05) is 24.7 Å². The molecule has 2 heterocycles. The topological polar surface area (TPSA) is 84.0 Å². The van der Waals surface area contributed by atoms with E-state index in [1.807, 2.05) is 43.3 Å². The van der Waals surface area contributed by atoms with Crippen LogP contribution in [0, 0.1) is 24.7 Å². The van der Waals surface area contributed by atoms with Crippen LogP contribution in [-0.4, -0.2) is 30.2 Å². The lowest BCUT2D eigenvalue weighted by molar-refractivity contribution is -0.139. The van der Waals surface area contributed by atoms with E-state index in [2.05, 4.69) is 0 Å². The van der Waals surface area contributed by atoms with Gasteiger partial charge in [0.25, 0.3) is 0 Å². The highest BCUT2D eigenvalue weighted by Gasteiger charge is 2.48. The molecular weight excluding hydrogens is 420 g/mol. The summed E-state index contributed by atoms with van der Waals surface area (Å²) in [5.41, 5.74) is 2.19. The summed E-state index contributed by atoms with van der Waals surface area (Å²) in [5, 5.41) is 0. The lowest BCUT2D eigenvalue weighted by Gasteiger charge is -2.17. The van der Waals surface area contributed by atoms with Crippen molar-refractivity contribution in [2.75, 3.05) is 16.3 Å². The Morgan fingerprint density at radius 2 is 1.58 bits per heavy atom. The van der Waals surface area contributed by atoms with Crippen molar-refractivity contribution >= 4 is 35.1 Å². The molecule has 2 aromatic carbocycles. The van der Waals surface area contributed by atoms with E-state index in [0.29, 0.717) is 18.5 Å². The van der Waals surface area contributed by atoms with Crippen LogP contribution in [0.2, 0.25) is 0 Å². The standard InChI is InChI=1S/C26H24N2O5/c1-16-6-4-7-18(12-16)27-15-17(13-23(27)29)26(32)33-20-9-5-8-19(14-20)28-24(30)21-10-2-3-11-22(21)25(28)31/h2-9,12,14,17,21-22H,10-11,13,15H2,1H3/t17-,21+,22+/m1/s1. The summed E-state index contributed by atoms with van der Waals surface area (Å²) < 4.78 is 5.56. The third-order valence-corrected chi connectivity index (χ3v) is 6.57. The predicted molar refractivity (Wildman–Crippen MR) is 122 cm³/mol. The Labute approximate surface area is 191 Å². The Balaban J connectivity index is 1.29. The van der Waals surface area contributed by atoms with Gasteiger partial charge in [-0.3, -0.25) is 19.2 Å². The molecule has 0 radical (unpaired) electrons. The second-order valence-corrected chi connectivity index (χ2v) is 8.83. The molecule has 3 amide bonds. The van der Waals surface area contributed by atoms with Gasteiger partial charge in [-0.2, -0.15) is 0 Å². The Hall–Kier alpha value is -3.74. The Morgan fingerprint density at radius 1 is 0.909 bits per heavy atom. The Morgan fingerprint density at radius 3 is 2.27 bits per heavy atom. The van der Waals surface area contributed by atoms with Crippen molar-refractivity contribution in [3.05, 3.63) is 66.2 Å². The number of fused-ring (bicyclic) bond motifs is 1. The number of carbonyl (C=O) groups is 4. The second-order valence-electron chi connectivity index (χ2n) is 8.83. The van der Waals surface area contributed by atoms with Crippen molar-refractivity contribution in [2.45, 2.75) is 26.2 Å². The summed E-state index contributed by atoms with van der Waals surface area (Å²) in [5.74, 6) is -2.07. The average molecular weight is 444 g/mol. The largest absolute Gasteiger partial charge is 0.426 e. The minimum absolute atomic E-state index is 0.0753. The number of benzene rings is 2. The number of imide groups is 1. The van der Waals surface area contributed by atoms with Gasteiger partial charge >= 0.3 is 5.97 Å². The van der Waals surface area contributed by atoms with Gasteiger partial charge in [0.05, 0.1) is 23.4 Å². The number of hydrogen-bond donors (Lipinski definition) is 0. The smallest absolute Gasteiger partial charge is 0.316 e. The van der Waals surface area contributed by atoms with Crippen molar-refractivity contribution in [1.29, 1.82) is 0 Å². The van der Waals surface area contributed by atoms with Gasteiger partial charge in [-0.25, -0.2) is 4.90 Å². The van der Waals surface area contributed by atoms with E-state index in [9.17, 15) is 19.2 Å². The number of anilines is 2. The highest BCUT2D eigenvalue weighted by atomic mass is 16.5. The van der Waals surface area contributed by atoms with E-state index in [-0.39, 0.29) is 48.3 Å². The van der Waals surface area contributed by atoms with Crippen molar-refractivity contribution in [1.82, 2.24) is 0 Å². The summed E-state index contributed by atoms with van der Waals surface area (Å²) in [4.78, 5) is 53.8. The minimum atomic E-state index is -0.592. The molecule has 0 unspecified atom stereocenters. The lowest BCUT2D eigenvalue weighted by Crippen LogP contribution is -2.31. The highest BCUT2D eigenvalue weighted by Crippen LogP contribution is 2.38. The number of esters is 1. The van der Waals surface area contributed by atoms with E-state index >= 15 is 0 Å². The SMILES string of the molecule is Cc1cccc(N2C[C@H](C(=O)Oc3cccc(N4C(=O)[C@H]5CC=CC[C@@H]5C4=O)c3)CC2=O)c1. The van der Waals surface area contributed by atoms with Gasteiger partial charge in [-0.05, 0) is 49.6 Å². The molecule has 0 aromatic heterocycles. The predicted octanol–water partition coefficient (Wildman–Crippen LogP) is 3.41. The lowest BCUT2D eigenvalue weighted by atomic mass is 9.85. The third-order valence-electron chi connectivity index (χ3n) is 6.57. The van der Waals surface area contributed by atoms with Crippen LogP contribution in [0.4, 0.5) is 11.4 Å². The monoisotopic (exact) mass is 444 g/mol. The molecule has 0 N–H and O–H groups in total. The van der Waals surface area contributed by atoms with Crippen LogP contribution in [0.5, 0.6) is 5.75 Å². The van der Waals surface area contributed by atoms with Crippen LogP contribution in [0.1, 0.15) is 24.8 Å². The number of allylic oxidation sites excluding steroid dienone is 2. The van der Waals surface area contributed by atoms with E-state index < -0.39 is 11.9 Å². The van der Waals surface area contributed by atoms with Crippen molar-refractivity contribution < 1.29 is 23.9 Å². The van der Waals surface area contributed by atoms with E-state index in [1.54, 1.807) is 23.1 Å². The highest BCUT2D eigenvalue weighted by molar-refractivity contribution is 6.22. The second kappa shape index (κ2) is 8.31. The fourth-order valence-corrected chi connectivity index (χ4v) is 4.85. The summed E-state index contributed by atoms with van der Waals surface area (Å²) in [6.45, 7) is 2.20. The van der Waals surface area contributed by atoms with Gasteiger partial charge in [-0.15, -0.1) is 0 Å². The van der Waals surface area contributed by atoms with Crippen LogP contribution < -0.4 is 14.5 Å². The fourth-order valence-electron chi connectivity index (χ4n) is 4.85. The van der Waals surface area contributed by atoms with E-state index in [1.165, 1.54) is 11.0 Å². The van der Waals surface area contributed by atoms with Gasteiger partial charge in [0.15, 0.2) is 0 Å². The number of rotatable bonds is 4. The first-order chi connectivity index (χ1) is 15.9. The van der Waals surface area contributed by atoms with Gasteiger partial charge in [0.2, 0.25) is 17.7 Å². The van der Waals surface area contributed by atoms with Gasteiger partial charge in [-0.1, -0.05) is 30.4 Å². The van der Waals surface area contributed by atoms with Gasteiger partial charge < -0.3 is 9.64 Å². The molecule has 5 rings (SSSR count). The van der Waals surface area contributed by atoms with E-state index in [4.69, 9.17) is 4.74 Å². The number of carbonyl (C=O) groups excluding carboxylic acids is 4. The average Bonchev–Trinajstić information content (AvgIpc) is 3.32. The molecule has 0 spiro atoms. The van der Waals surface area contributed by atoms with Crippen molar-refractivity contribution in [3.8, 4) is 5.75 Å². The number of hydrogen-bond acceptors (Lipinski definition) is 5. The first-order valence-electron chi connectivity index (χ1n) is 11.1. The summed E-state index contributed by atoms with van der Waals surface area (Å²) in [6, 6.07) is 14.0. The first kappa shape index (κ1) is 21.1. The molecule has 0 saturated carbocycles. The Bertz CT molecular complexity index is 1160. The van der Waals surface area contributed by atoms with Crippen molar-refractivity contribution in [3.63, 3.8) is 0 Å².